The maximum atomic E-state index is 2.44. The molecule has 0 amide bonds. The molecule has 1 atom stereocenters. The van der Waals surface area contributed by atoms with Gasteiger partial charge in [-0.25, -0.2) is 0 Å². The summed E-state index contributed by atoms with van der Waals surface area (Å²) in [6.07, 6.45) is 6.61. The van der Waals surface area contributed by atoms with Gasteiger partial charge < -0.3 is 0 Å². The zero-order valence-corrected chi connectivity index (χ0v) is 7.35. The highest BCUT2D eigenvalue weighted by molar-refractivity contribution is 5.10. The topological polar surface area (TPSA) is 0 Å². The molecule has 1 aliphatic carbocycles. The van der Waals surface area contributed by atoms with E-state index in [1.807, 2.05) is 0 Å². The summed E-state index contributed by atoms with van der Waals surface area (Å²) in [5.74, 6) is 1.76. The van der Waals surface area contributed by atoms with Crippen molar-refractivity contribution in [2.75, 3.05) is 0 Å². The summed E-state index contributed by atoms with van der Waals surface area (Å²) in [7, 11) is 0. The molecule has 0 bridgehead atoms. The average Bonchev–Trinajstić information content (AvgIpc) is 2.68. The largest absolute Gasteiger partial charge is 0.0825 e. The molecule has 0 heteroatoms. The van der Waals surface area contributed by atoms with Gasteiger partial charge in [0, 0.05) is 0 Å². The summed E-state index contributed by atoms with van der Waals surface area (Å²) in [6, 6.07) is 0. The molecule has 1 rings (SSSR count). The van der Waals surface area contributed by atoms with Gasteiger partial charge in [-0.3, -0.25) is 0 Å². The van der Waals surface area contributed by atoms with Crippen LogP contribution in [0.2, 0.25) is 0 Å². The van der Waals surface area contributed by atoms with Crippen molar-refractivity contribution in [1.29, 1.82) is 0 Å². The van der Waals surface area contributed by atoms with Crippen LogP contribution < -0.4 is 0 Å². The third-order valence-corrected chi connectivity index (χ3v) is 2.41. The molecular weight excluding hydrogens is 120 g/mol. The Morgan fingerprint density at radius 2 is 2.20 bits per heavy atom. The Morgan fingerprint density at radius 1 is 1.60 bits per heavy atom. The fourth-order valence-corrected chi connectivity index (χ4v) is 1.24. The molecule has 0 spiro atoms. The first-order chi connectivity index (χ1) is 4.74. The smallest absolute Gasteiger partial charge is 0.0205 e. The van der Waals surface area contributed by atoms with E-state index in [2.05, 4.69) is 26.8 Å². The Bertz CT molecular complexity index is 129. The van der Waals surface area contributed by atoms with Crippen LogP contribution in [0.5, 0.6) is 0 Å². The second-order valence-corrected chi connectivity index (χ2v) is 3.57. The van der Waals surface area contributed by atoms with Crippen LogP contribution in [0.15, 0.2) is 11.6 Å². The lowest BCUT2D eigenvalue weighted by molar-refractivity contribution is 0.686. The van der Waals surface area contributed by atoms with E-state index in [0.717, 1.165) is 11.8 Å². The van der Waals surface area contributed by atoms with Gasteiger partial charge in [-0.05, 0) is 31.6 Å². The summed E-state index contributed by atoms with van der Waals surface area (Å²) in [4.78, 5) is 0. The van der Waals surface area contributed by atoms with E-state index < -0.39 is 0 Å². The van der Waals surface area contributed by atoms with Crippen molar-refractivity contribution in [3.8, 4) is 0 Å². The summed E-state index contributed by atoms with van der Waals surface area (Å²) in [5, 5.41) is 0. The molecule has 0 aliphatic heterocycles. The average molecular weight is 138 g/mol. The van der Waals surface area contributed by atoms with Gasteiger partial charge in [-0.2, -0.15) is 0 Å². The number of hydrogen-bond acceptors (Lipinski definition) is 0. The molecule has 0 aromatic heterocycles. The molecule has 1 saturated carbocycles. The van der Waals surface area contributed by atoms with Crippen molar-refractivity contribution in [3.63, 3.8) is 0 Å². The molecule has 0 saturated heterocycles. The van der Waals surface area contributed by atoms with E-state index in [0.29, 0.717) is 0 Å². The first-order valence-corrected chi connectivity index (χ1v) is 4.42. The van der Waals surface area contributed by atoms with Gasteiger partial charge in [0.2, 0.25) is 0 Å². The van der Waals surface area contributed by atoms with Gasteiger partial charge in [-0.15, -0.1) is 0 Å². The first-order valence-electron chi connectivity index (χ1n) is 4.42. The molecule has 0 heterocycles. The SMILES string of the molecule is CCC(C)C=C(C)C1CC1. The minimum atomic E-state index is 0.792. The highest BCUT2D eigenvalue weighted by Crippen LogP contribution is 2.36. The quantitative estimate of drug-likeness (QED) is 0.524. The summed E-state index contributed by atoms with van der Waals surface area (Å²) >= 11 is 0. The molecule has 0 nitrogen and oxygen atoms in total. The lowest BCUT2D eigenvalue weighted by atomic mass is 10.0. The normalized spacial score (nSPS) is 22.9. The molecule has 0 aromatic rings. The third kappa shape index (κ3) is 2.17. The maximum Gasteiger partial charge on any atom is -0.0205 e. The molecule has 1 aliphatic rings. The standard InChI is InChI=1S/C10H18/c1-4-8(2)7-9(3)10-5-6-10/h7-8,10H,4-6H2,1-3H3. The molecular formula is C10H18. The molecule has 58 valence electrons. The highest BCUT2D eigenvalue weighted by atomic mass is 14.3. The zero-order chi connectivity index (χ0) is 7.56. The van der Waals surface area contributed by atoms with Gasteiger partial charge in [0.25, 0.3) is 0 Å². The van der Waals surface area contributed by atoms with E-state index in [9.17, 15) is 0 Å². The third-order valence-electron chi connectivity index (χ3n) is 2.41. The summed E-state index contributed by atoms with van der Waals surface area (Å²) in [5.41, 5.74) is 1.63. The van der Waals surface area contributed by atoms with E-state index in [4.69, 9.17) is 0 Å². The predicted octanol–water partition coefficient (Wildman–Crippen LogP) is 3.39. The van der Waals surface area contributed by atoms with E-state index >= 15 is 0 Å². The van der Waals surface area contributed by atoms with E-state index in [1.165, 1.54) is 19.3 Å². The second kappa shape index (κ2) is 3.23. The monoisotopic (exact) mass is 138 g/mol. The maximum absolute atomic E-state index is 2.44. The molecule has 1 unspecified atom stereocenters. The van der Waals surface area contributed by atoms with Crippen molar-refractivity contribution >= 4 is 0 Å². The van der Waals surface area contributed by atoms with Gasteiger partial charge in [0.15, 0.2) is 0 Å². The minimum Gasteiger partial charge on any atom is -0.0825 e. The van der Waals surface area contributed by atoms with Gasteiger partial charge in [-0.1, -0.05) is 31.9 Å². The van der Waals surface area contributed by atoms with Crippen LogP contribution >= 0.6 is 0 Å². The fraction of sp³-hybridized carbons (Fsp3) is 0.800. The minimum absolute atomic E-state index is 0.792. The van der Waals surface area contributed by atoms with Crippen molar-refractivity contribution < 1.29 is 0 Å². The van der Waals surface area contributed by atoms with E-state index in [1.54, 1.807) is 5.57 Å². The summed E-state index contributed by atoms with van der Waals surface area (Å²) in [6.45, 7) is 6.83. The fourth-order valence-electron chi connectivity index (χ4n) is 1.24. The van der Waals surface area contributed by atoms with Gasteiger partial charge in [0.1, 0.15) is 0 Å². The van der Waals surface area contributed by atoms with E-state index in [-0.39, 0.29) is 0 Å². The molecule has 0 aromatic carbocycles. The second-order valence-electron chi connectivity index (χ2n) is 3.57. The van der Waals surface area contributed by atoms with Crippen molar-refractivity contribution in [1.82, 2.24) is 0 Å². The van der Waals surface area contributed by atoms with Crippen LogP contribution in [-0.2, 0) is 0 Å². The van der Waals surface area contributed by atoms with Crippen molar-refractivity contribution in [3.05, 3.63) is 11.6 Å². The van der Waals surface area contributed by atoms with Gasteiger partial charge >= 0.3 is 0 Å². The Morgan fingerprint density at radius 3 is 2.60 bits per heavy atom. The molecule has 0 N–H and O–H groups in total. The number of hydrogen-bond donors (Lipinski definition) is 0. The Hall–Kier alpha value is -0.260. The van der Waals surface area contributed by atoms with Gasteiger partial charge in [0.05, 0.1) is 0 Å². The van der Waals surface area contributed by atoms with Crippen LogP contribution in [0, 0.1) is 11.8 Å². The number of rotatable bonds is 3. The van der Waals surface area contributed by atoms with Crippen molar-refractivity contribution in [2.24, 2.45) is 11.8 Å². The summed E-state index contributed by atoms with van der Waals surface area (Å²) < 4.78 is 0. The van der Waals surface area contributed by atoms with Crippen LogP contribution in [0.1, 0.15) is 40.0 Å². The zero-order valence-electron chi connectivity index (χ0n) is 7.35. The van der Waals surface area contributed by atoms with Crippen LogP contribution in [0.3, 0.4) is 0 Å². The number of allylic oxidation sites excluding steroid dienone is 2. The first kappa shape index (κ1) is 7.84. The highest BCUT2D eigenvalue weighted by Gasteiger charge is 2.22. The molecule has 0 radical (unpaired) electrons. The molecule has 1 fully saturated rings. The Kier molecular flexibility index (Phi) is 2.53. The van der Waals surface area contributed by atoms with Crippen LogP contribution in [-0.4, -0.2) is 0 Å². The van der Waals surface area contributed by atoms with Crippen LogP contribution in [0.25, 0.3) is 0 Å². The predicted molar refractivity (Wildman–Crippen MR) is 45.9 cm³/mol. The Labute approximate surface area is 64.3 Å². The lowest BCUT2D eigenvalue weighted by Gasteiger charge is -2.03. The Balaban J connectivity index is 2.35. The van der Waals surface area contributed by atoms with Crippen molar-refractivity contribution in [2.45, 2.75) is 40.0 Å². The lowest BCUT2D eigenvalue weighted by Crippen LogP contribution is -1.88. The molecule has 10 heavy (non-hydrogen) atoms. The van der Waals surface area contributed by atoms with Crippen LogP contribution in [0.4, 0.5) is 0 Å².